The van der Waals surface area contributed by atoms with Crippen LogP contribution >= 0.6 is 0 Å². The molecule has 1 aromatic rings. The summed E-state index contributed by atoms with van der Waals surface area (Å²) in [5.41, 5.74) is 11.8. The first-order valence-electron chi connectivity index (χ1n) is 8.86. The highest BCUT2D eigenvalue weighted by Crippen LogP contribution is 2.38. The van der Waals surface area contributed by atoms with E-state index in [2.05, 4.69) is 0 Å². The predicted molar refractivity (Wildman–Crippen MR) is 99.1 cm³/mol. The van der Waals surface area contributed by atoms with Crippen molar-refractivity contribution >= 4 is 11.9 Å². The minimum atomic E-state index is -1.00. The van der Waals surface area contributed by atoms with Crippen molar-refractivity contribution in [2.45, 2.75) is 51.0 Å². The summed E-state index contributed by atoms with van der Waals surface area (Å²) in [6.45, 7) is 0.527. The highest BCUT2D eigenvalue weighted by Gasteiger charge is 2.32. The van der Waals surface area contributed by atoms with Crippen molar-refractivity contribution in [2.24, 2.45) is 16.9 Å². The number of carboxylic acids is 2. The van der Waals surface area contributed by atoms with Gasteiger partial charge in [-0.3, -0.25) is 9.59 Å². The number of methoxy groups -OCH3 is 1. The SMILES string of the molecule is COc1ccccc1C[C@H](N)C(=O)O.NCC1(CC(=O)O)CCCCC1. The molecule has 0 saturated heterocycles. The van der Waals surface area contributed by atoms with Crippen LogP contribution < -0.4 is 16.2 Å². The number of carbonyl (C=O) groups is 2. The van der Waals surface area contributed by atoms with Crippen LogP contribution in [-0.4, -0.2) is 41.8 Å². The average Bonchev–Trinajstić information content (AvgIpc) is 2.63. The summed E-state index contributed by atoms with van der Waals surface area (Å²) in [5, 5.41) is 17.3. The predicted octanol–water partition coefficient (Wildman–Crippen LogP) is 2.02. The molecule has 0 radical (unpaired) electrons. The van der Waals surface area contributed by atoms with E-state index in [0.29, 0.717) is 12.3 Å². The number of ether oxygens (including phenoxy) is 1. The molecule has 1 saturated carbocycles. The molecule has 0 spiro atoms. The van der Waals surface area contributed by atoms with Gasteiger partial charge in [0.05, 0.1) is 13.5 Å². The highest BCUT2D eigenvalue weighted by atomic mass is 16.5. The molecule has 0 aromatic heterocycles. The Morgan fingerprint density at radius 3 is 2.31 bits per heavy atom. The summed E-state index contributed by atoms with van der Waals surface area (Å²) in [4.78, 5) is 21.1. The van der Waals surface area contributed by atoms with E-state index in [-0.39, 0.29) is 18.3 Å². The van der Waals surface area contributed by atoms with Crippen LogP contribution in [-0.2, 0) is 16.0 Å². The number of rotatable bonds is 7. The Morgan fingerprint density at radius 2 is 1.81 bits per heavy atom. The second kappa shape index (κ2) is 10.8. The number of benzene rings is 1. The number of nitrogens with two attached hydrogens (primary N) is 2. The summed E-state index contributed by atoms with van der Waals surface area (Å²) in [6.07, 6.45) is 6.05. The van der Waals surface area contributed by atoms with E-state index in [9.17, 15) is 9.59 Å². The standard InChI is InChI=1S/C10H13NO3.C9H17NO2/c1-14-9-5-3-2-4-7(9)6-8(11)10(12)13;10-7-9(6-8(11)12)4-2-1-3-5-9/h2-5,8H,6,11H2,1H3,(H,12,13);1-7,10H2,(H,11,12)/t8-;/m0./s1. The third-order valence-corrected chi connectivity index (χ3v) is 4.82. The number of hydrogen-bond donors (Lipinski definition) is 4. The van der Waals surface area contributed by atoms with Gasteiger partial charge in [-0.25, -0.2) is 0 Å². The highest BCUT2D eigenvalue weighted by molar-refractivity contribution is 5.73. The lowest BCUT2D eigenvalue weighted by atomic mass is 9.72. The summed E-state index contributed by atoms with van der Waals surface area (Å²) in [7, 11) is 1.55. The molecule has 0 amide bonds. The van der Waals surface area contributed by atoms with Crippen LogP contribution in [0, 0.1) is 5.41 Å². The molecule has 7 nitrogen and oxygen atoms in total. The summed E-state index contributed by atoms with van der Waals surface area (Å²) in [5.74, 6) is -1.04. The van der Waals surface area contributed by atoms with Crippen molar-refractivity contribution in [2.75, 3.05) is 13.7 Å². The molecule has 0 unspecified atom stereocenters. The lowest BCUT2D eigenvalue weighted by molar-refractivity contribution is -0.140. The Morgan fingerprint density at radius 1 is 1.19 bits per heavy atom. The Kier molecular flexibility index (Phi) is 9.09. The van der Waals surface area contributed by atoms with Crippen LogP contribution in [0.3, 0.4) is 0 Å². The Bertz CT molecular complexity index is 585. The largest absolute Gasteiger partial charge is 0.496 e. The molecule has 7 heteroatoms. The minimum absolute atomic E-state index is 0.0793. The van der Waals surface area contributed by atoms with Gasteiger partial charge in [-0.15, -0.1) is 0 Å². The monoisotopic (exact) mass is 366 g/mol. The van der Waals surface area contributed by atoms with Gasteiger partial charge in [0.1, 0.15) is 11.8 Å². The van der Waals surface area contributed by atoms with E-state index < -0.39 is 18.0 Å². The number of aliphatic carboxylic acids is 2. The molecule has 0 aliphatic heterocycles. The molecule has 1 aromatic carbocycles. The zero-order valence-electron chi connectivity index (χ0n) is 15.3. The van der Waals surface area contributed by atoms with Crippen molar-refractivity contribution in [1.82, 2.24) is 0 Å². The number of carboxylic acid groups (broad SMARTS) is 2. The summed E-state index contributed by atoms with van der Waals surface area (Å²) in [6, 6.07) is 6.36. The van der Waals surface area contributed by atoms with Crippen LogP contribution in [0.5, 0.6) is 5.75 Å². The van der Waals surface area contributed by atoms with Gasteiger partial charge >= 0.3 is 11.9 Å². The van der Waals surface area contributed by atoms with Gasteiger partial charge in [0.2, 0.25) is 0 Å². The van der Waals surface area contributed by atoms with Gasteiger partial charge in [0.25, 0.3) is 0 Å². The minimum Gasteiger partial charge on any atom is -0.496 e. The molecule has 1 atom stereocenters. The lowest BCUT2D eigenvalue weighted by Gasteiger charge is -2.34. The molecule has 1 aliphatic carbocycles. The maximum absolute atomic E-state index is 10.6. The zero-order chi connectivity index (χ0) is 19.6. The molecular weight excluding hydrogens is 336 g/mol. The molecule has 1 aliphatic rings. The van der Waals surface area contributed by atoms with Crippen molar-refractivity contribution < 1.29 is 24.5 Å². The van der Waals surface area contributed by atoms with Crippen molar-refractivity contribution in [3.63, 3.8) is 0 Å². The Balaban J connectivity index is 0.000000263. The van der Waals surface area contributed by atoms with Crippen molar-refractivity contribution in [1.29, 1.82) is 0 Å². The van der Waals surface area contributed by atoms with Gasteiger partial charge in [-0.05, 0) is 36.4 Å². The topological polar surface area (TPSA) is 136 Å². The molecular formula is C19H30N2O5. The zero-order valence-corrected chi connectivity index (χ0v) is 15.3. The van der Waals surface area contributed by atoms with Gasteiger partial charge in [-0.1, -0.05) is 37.5 Å². The molecule has 2 rings (SSSR count). The first kappa shape index (κ1) is 21.9. The number of para-hydroxylation sites is 1. The second-order valence-corrected chi connectivity index (χ2v) is 6.80. The fourth-order valence-corrected chi connectivity index (χ4v) is 3.27. The van der Waals surface area contributed by atoms with E-state index in [1.165, 1.54) is 6.42 Å². The molecule has 146 valence electrons. The van der Waals surface area contributed by atoms with Crippen LogP contribution in [0.4, 0.5) is 0 Å². The third-order valence-electron chi connectivity index (χ3n) is 4.82. The van der Waals surface area contributed by atoms with Gasteiger partial charge in [0.15, 0.2) is 0 Å². The van der Waals surface area contributed by atoms with Gasteiger partial charge in [0, 0.05) is 6.42 Å². The first-order valence-corrected chi connectivity index (χ1v) is 8.86. The second-order valence-electron chi connectivity index (χ2n) is 6.80. The van der Waals surface area contributed by atoms with Crippen LogP contribution in [0.1, 0.15) is 44.1 Å². The van der Waals surface area contributed by atoms with Crippen LogP contribution in [0.2, 0.25) is 0 Å². The smallest absolute Gasteiger partial charge is 0.320 e. The lowest BCUT2D eigenvalue weighted by Crippen LogP contribution is -2.34. The summed E-state index contributed by atoms with van der Waals surface area (Å²) < 4.78 is 5.08. The Labute approximate surface area is 154 Å². The Hall–Kier alpha value is -2.12. The third kappa shape index (κ3) is 7.01. The van der Waals surface area contributed by atoms with E-state index >= 15 is 0 Å². The average molecular weight is 366 g/mol. The van der Waals surface area contributed by atoms with Crippen LogP contribution in [0.15, 0.2) is 24.3 Å². The molecule has 6 N–H and O–H groups in total. The van der Waals surface area contributed by atoms with E-state index in [4.69, 9.17) is 26.4 Å². The first-order chi connectivity index (χ1) is 12.3. The van der Waals surface area contributed by atoms with E-state index in [1.54, 1.807) is 13.2 Å². The van der Waals surface area contributed by atoms with Gasteiger partial charge in [-0.2, -0.15) is 0 Å². The van der Waals surface area contributed by atoms with E-state index in [1.807, 2.05) is 18.2 Å². The fourth-order valence-electron chi connectivity index (χ4n) is 3.27. The maximum Gasteiger partial charge on any atom is 0.320 e. The van der Waals surface area contributed by atoms with Gasteiger partial charge < -0.3 is 26.4 Å². The quantitative estimate of drug-likeness (QED) is 0.579. The fraction of sp³-hybridized carbons (Fsp3) is 0.579. The summed E-state index contributed by atoms with van der Waals surface area (Å²) >= 11 is 0. The normalized spacial score (nSPS) is 16.7. The molecule has 26 heavy (non-hydrogen) atoms. The van der Waals surface area contributed by atoms with E-state index in [0.717, 1.165) is 31.2 Å². The van der Waals surface area contributed by atoms with Crippen LogP contribution in [0.25, 0.3) is 0 Å². The molecule has 1 fully saturated rings. The number of hydrogen-bond acceptors (Lipinski definition) is 5. The van der Waals surface area contributed by atoms with Crippen molar-refractivity contribution in [3.05, 3.63) is 29.8 Å². The maximum atomic E-state index is 10.6. The molecule has 0 heterocycles. The molecule has 0 bridgehead atoms. The van der Waals surface area contributed by atoms with Crippen molar-refractivity contribution in [3.8, 4) is 5.75 Å².